The number of nitrogens with one attached hydrogen (secondary N) is 1. The molecule has 1 unspecified atom stereocenters. The van der Waals surface area contributed by atoms with Crippen LogP contribution in [0.5, 0.6) is 5.75 Å². The average molecular weight is 644 g/mol. The number of methoxy groups -OCH3 is 3. The monoisotopic (exact) mass is 643 g/mol. The van der Waals surface area contributed by atoms with E-state index in [0.29, 0.717) is 44.6 Å². The lowest BCUT2D eigenvalue weighted by Gasteiger charge is -2.43. The van der Waals surface area contributed by atoms with Gasteiger partial charge in [-0.3, -0.25) is 14.6 Å². The molecule has 46 heavy (non-hydrogen) atoms. The van der Waals surface area contributed by atoms with Crippen LogP contribution in [0.3, 0.4) is 0 Å². The summed E-state index contributed by atoms with van der Waals surface area (Å²) in [5, 5.41) is 14.2. The van der Waals surface area contributed by atoms with Crippen molar-refractivity contribution in [1.82, 2.24) is 19.6 Å². The number of hydrogen-bond donors (Lipinski definition) is 2. The highest BCUT2D eigenvalue weighted by Crippen LogP contribution is 2.32. The fourth-order valence-corrected chi connectivity index (χ4v) is 6.27. The predicted molar refractivity (Wildman–Crippen MR) is 164 cm³/mol. The van der Waals surface area contributed by atoms with E-state index in [4.69, 9.17) is 14.2 Å². The van der Waals surface area contributed by atoms with Crippen LogP contribution in [0.25, 0.3) is 5.57 Å². The number of rotatable bonds is 10. The van der Waals surface area contributed by atoms with Crippen LogP contribution >= 0.6 is 0 Å². The molecule has 2 aromatic rings. The summed E-state index contributed by atoms with van der Waals surface area (Å²) in [4.78, 5) is 45.9. The molecule has 5 rings (SSSR count). The van der Waals surface area contributed by atoms with Crippen LogP contribution in [-0.2, 0) is 20.7 Å². The van der Waals surface area contributed by atoms with Crippen molar-refractivity contribution in [2.75, 3.05) is 66.0 Å². The molecule has 248 valence electrons. The van der Waals surface area contributed by atoms with Crippen LogP contribution in [0.4, 0.5) is 24.1 Å². The number of piperidine rings is 1. The molecular weight excluding hydrogens is 604 g/mol. The average Bonchev–Trinajstić information content (AvgIpc) is 3.21. The quantitative estimate of drug-likeness (QED) is 0.408. The van der Waals surface area contributed by atoms with Gasteiger partial charge in [-0.25, -0.2) is 18.4 Å². The van der Waals surface area contributed by atoms with Crippen molar-refractivity contribution in [2.24, 2.45) is 0 Å². The fraction of sp³-hybridized carbons (Fsp3) is 0.469. The number of likely N-dealkylation sites (tertiary alicyclic amines) is 1. The summed E-state index contributed by atoms with van der Waals surface area (Å²) >= 11 is 0. The van der Waals surface area contributed by atoms with Crippen LogP contribution in [0.2, 0.25) is 0 Å². The first-order valence-electron chi connectivity index (χ1n) is 15.1. The maximum Gasteiger partial charge on any atom is 0.327 e. The highest BCUT2D eigenvalue weighted by atomic mass is 19.2. The Kier molecular flexibility index (Phi) is 10.4. The first kappa shape index (κ1) is 33.1. The molecule has 0 saturated carbocycles. The van der Waals surface area contributed by atoms with Gasteiger partial charge in [0.15, 0.2) is 17.9 Å². The van der Waals surface area contributed by atoms with E-state index in [-0.39, 0.29) is 42.3 Å². The van der Waals surface area contributed by atoms with E-state index in [1.165, 1.54) is 32.6 Å². The number of halogens is 2. The van der Waals surface area contributed by atoms with Gasteiger partial charge in [-0.1, -0.05) is 12.1 Å². The van der Waals surface area contributed by atoms with Crippen molar-refractivity contribution in [2.45, 2.75) is 37.6 Å². The molecule has 0 spiro atoms. The second-order valence-corrected chi connectivity index (χ2v) is 11.5. The van der Waals surface area contributed by atoms with E-state index < -0.39 is 36.5 Å². The number of benzene rings is 2. The van der Waals surface area contributed by atoms with Crippen LogP contribution in [-0.4, -0.2) is 122 Å². The van der Waals surface area contributed by atoms with Crippen molar-refractivity contribution in [3.63, 3.8) is 0 Å². The van der Waals surface area contributed by atoms with Crippen LogP contribution in [0.1, 0.15) is 24.0 Å². The lowest BCUT2D eigenvalue weighted by molar-refractivity contribution is -0.133. The molecule has 0 bridgehead atoms. The van der Waals surface area contributed by atoms with E-state index in [1.807, 2.05) is 12.1 Å². The molecule has 0 aromatic heterocycles. The summed E-state index contributed by atoms with van der Waals surface area (Å²) in [5.41, 5.74) is 1.39. The zero-order chi connectivity index (χ0) is 33.0. The first-order valence-corrected chi connectivity index (χ1v) is 15.1. The van der Waals surface area contributed by atoms with E-state index in [0.717, 1.165) is 27.1 Å². The normalized spacial score (nSPS) is 19.2. The second kappa shape index (κ2) is 14.4. The van der Waals surface area contributed by atoms with E-state index in [1.54, 1.807) is 23.0 Å². The molecule has 1 saturated heterocycles. The Morgan fingerprint density at radius 2 is 1.76 bits per heavy atom. The zero-order valence-corrected chi connectivity index (χ0v) is 26.1. The minimum absolute atomic E-state index is 0.0203. The number of hydrogen-bond acceptors (Lipinski definition) is 7. The number of ether oxygens (including phenoxy) is 3. The van der Waals surface area contributed by atoms with Crippen LogP contribution in [0.15, 0.2) is 42.6 Å². The lowest BCUT2D eigenvalue weighted by atomic mass is 10.0. The zero-order valence-electron chi connectivity index (χ0n) is 26.1. The SMILES string of the molecule is COCC(COC)N1C(=O)N(CC(=O)N2CCC(N3CCc4cc(OC)ccc4NC3=O)CC2)C=C(c2cccc(F)c2F)C1O. The minimum Gasteiger partial charge on any atom is -0.497 e. The summed E-state index contributed by atoms with van der Waals surface area (Å²) in [6.07, 6.45) is 1.26. The van der Waals surface area contributed by atoms with Crippen molar-refractivity contribution in [1.29, 1.82) is 0 Å². The molecule has 0 aliphatic carbocycles. The Balaban J connectivity index is 1.29. The van der Waals surface area contributed by atoms with Gasteiger partial charge in [-0.2, -0.15) is 0 Å². The summed E-state index contributed by atoms with van der Waals surface area (Å²) in [6, 6.07) is 7.28. The van der Waals surface area contributed by atoms with E-state index >= 15 is 0 Å². The molecule has 14 heteroatoms. The Labute approximate surface area is 266 Å². The van der Waals surface area contributed by atoms with Gasteiger partial charge in [-0.05, 0) is 49.1 Å². The number of carbonyl (C=O) groups excluding carboxylic acids is 3. The Hall–Kier alpha value is -4.27. The highest BCUT2D eigenvalue weighted by Gasteiger charge is 2.41. The standard InChI is InChI=1S/C32H39F2N5O7/c1-44-18-22(19-45-2)39-30(41)25(24-5-4-6-26(33)29(24)34)16-37(32(39)43)17-28(40)36-12-10-21(11-13-36)38-14-9-20-15-23(46-3)7-8-27(20)35-31(38)42/h4-8,15-16,21-22,30,41H,9-14,17-19H2,1-3H3,(H,35,42). The molecule has 5 amide bonds. The third-order valence-corrected chi connectivity index (χ3v) is 8.68. The molecule has 12 nitrogen and oxygen atoms in total. The van der Waals surface area contributed by atoms with Gasteiger partial charge in [-0.15, -0.1) is 0 Å². The molecular formula is C32H39F2N5O7. The molecule has 1 fully saturated rings. The number of anilines is 1. The summed E-state index contributed by atoms with van der Waals surface area (Å²) < 4.78 is 44.9. The van der Waals surface area contributed by atoms with Crippen molar-refractivity contribution in [3.05, 3.63) is 65.4 Å². The first-order chi connectivity index (χ1) is 22.2. The van der Waals surface area contributed by atoms with Gasteiger partial charge in [0.05, 0.1) is 26.4 Å². The summed E-state index contributed by atoms with van der Waals surface area (Å²) in [5.74, 6) is -1.96. The number of aliphatic hydroxyl groups is 1. The smallest absolute Gasteiger partial charge is 0.327 e. The second-order valence-electron chi connectivity index (χ2n) is 11.5. The topological polar surface area (TPSA) is 124 Å². The Morgan fingerprint density at radius 3 is 2.43 bits per heavy atom. The van der Waals surface area contributed by atoms with Crippen molar-refractivity contribution < 1.29 is 42.5 Å². The number of nitrogens with zero attached hydrogens (tertiary/aromatic N) is 4. The maximum absolute atomic E-state index is 14.9. The van der Waals surface area contributed by atoms with Gasteiger partial charge in [0, 0.05) is 62.9 Å². The third-order valence-electron chi connectivity index (χ3n) is 8.68. The molecule has 2 aromatic carbocycles. The van der Waals surface area contributed by atoms with Gasteiger partial charge in [0.2, 0.25) is 5.91 Å². The van der Waals surface area contributed by atoms with E-state index in [9.17, 15) is 28.3 Å². The largest absolute Gasteiger partial charge is 0.497 e. The van der Waals surface area contributed by atoms with Crippen molar-refractivity contribution in [3.8, 4) is 5.75 Å². The molecule has 3 aliphatic rings. The predicted octanol–water partition coefficient (Wildman–Crippen LogP) is 3.11. The molecule has 3 aliphatic heterocycles. The van der Waals surface area contributed by atoms with Gasteiger partial charge < -0.3 is 34.4 Å². The van der Waals surface area contributed by atoms with Crippen LogP contribution < -0.4 is 10.1 Å². The highest BCUT2D eigenvalue weighted by molar-refractivity contribution is 5.92. The Bertz CT molecular complexity index is 1480. The van der Waals surface area contributed by atoms with E-state index in [2.05, 4.69) is 5.32 Å². The molecule has 0 radical (unpaired) electrons. The summed E-state index contributed by atoms with van der Waals surface area (Å²) in [6.45, 7) is 0.780. The molecule has 2 N–H and O–H groups in total. The lowest BCUT2D eigenvalue weighted by Crippen LogP contribution is -2.59. The van der Waals surface area contributed by atoms with Crippen LogP contribution in [0, 0.1) is 11.6 Å². The maximum atomic E-state index is 14.9. The molecule has 1 atom stereocenters. The van der Waals surface area contributed by atoms with Gasteiger partial charge >= 0.3 is 12.1 Å². The fourth-order valence-electron chi connectivity index (χ4n) is 6.27. The third kappa shape index (κ3) is 6.78. The summed E-state index contributed by atoms with van der Waals surface area (Å²) in [7, 11) is 4.43. The number of amides is 5. The molecule has 3 heterocycles. The number of fused-ring (bicyclic) bond motifs is 1. The Morgan fingerprint density at radius 1 is 1.04 bits per heavy atom. The number of aliphatic hydroxyl groups excluding tert-OH is 1. The van der Waals surface area contributed by atoms with Gasteiger partial charge in [0.25, 0.3) is 0 Å². The van der Waals surface area contributed by atoms with Crippen molar-refractivity contribution >= 4 is 29.2 Å². The van der Waals surface area contributed by atoms with Gasteiger partial charge in [0.1, 0.15) is 12.3 Å². The minimum atomic E-state index is -1.66. The number of urea groups is 2. The number of carbonyl (C=O) groups is 3.